The molecule has 6 nitrogen and oxygen atoms in total. The molecule has 1 fully saturated rings. The van der Waals surface area contributed by atoms with Crippen LogP contribution in [0.1, 0.15) is 48.7 Å². The van der Waals surface area contributed by atoms with E-state index in [2.05, 4.69) is 20.0 Å². The molecule has 1 aromatic carbocycles. The fourth-order valence-electron chi connectivity index (χ4n) is 3.40. The second kappa shape index (κ2) is 6.51. The third-order valence-corrected chi connectivity index (χ3v) is 4.65. The molecule has 132 valence electrons. The van der Waals surface area contributed by atoms with Gasteiger partial charge in [-0.1, -0.05) is 17.3 Å². The van der Waals surface area contributed by atoms with Crippen LogP contribution in [-0.4, -0.2) is 28.8 Å². The van der Waals surface area contributed by atoms with Gasteiger partial charge in [-0.2, -0.15) is 13.8 Å². The zero-order chi connectivity index (χ0) is 17.4. The van der Waals surface area contributed by atoms with Crippen molar-refractivity contribution in [3.8, 4) is 11.4 Å². The number of halogens is 2. The van der Waals surface area contributed by atoms with Gasteiger partial charge < -0.3 is 14.6 Å². The van der Waals surface area contributed by atoms with Crippen molar-refractivity contribution in [2.24, 2.45) is 0 Å². The molecule has 2 aliphatic rings. The van der Waals surface area contributed by atoms with Gasteiger partial charge in [-0.25, -0.2) is 0 Å². The normalized spacial score (nSPS) is 22.4. The number of carbonyl (C=O) groups excluding carboxylic acids is 1. The topological polar surface area (TPSA) is 77.3 Å². The molecule has 0 bridgehead atoms. The number of amides is 1. The third-order valence-electron chi connectivity index (χ3n) is 4.65. The van der Waals surface area contributed by atoms with E-state index < -0.39 is 12.3 Å². The predicted octanol–water partition coefficient (Wildman–Crippen LogP) is 2.96. The molecular weight excluding hydrogens is 332 g/mol. The molecule has 0 radical (unpaired) electrons. The number of nitrogens with one attached hydrogen (secondary N) is 1. The smallest absolute Gasteiger partial charge is 0.315 e. The summed E-state index contributed by atoms with van der Waals surface area (Å²) in [6.07, 6.45) is 0.122. The molecule has 0 saturated carbocycles. The maximum atomic E-state index is 12.6. The lowest BCUT2D eigenvalue weighted by Gasteiger charge is -2.17. The zero-order valence-corrected chi connectivity index (χ0v) is 13.4. The molecule has 2 atom stereocenters. The van der Waals surface area contributed by atoms with E-state index in [0.717, 1.165) is 36.8 Å². The number of carbonyl (C=O) groups is 1. The van der Waals surface area contributed by atoms with Crippen molar-refractivity contribution in [2.45, 2.75) is 44.3 Å². The highest BCUT2D eigenvalue weighted by molar-refractivity contribution is 5.81. The standard InChI is InChI=1S/C17H17F2N3O3/c18-14(19)17-21-15(22-25-17)10-3-5-11-9(8-10)4-6-12(11)20-16(23)13-2-1-7-24-13/h3,5,8,12-14H,1-2,4,6-7H2,(H,20,23)/t12-,13?/m1/s1. The van der Waals surface area contributed by atoms with Crippen LogP contribution in [0.5, 0.6) is 0 Å². The molecule has 2 heterocycles. The van der Waals surface area contributed by atoms with E-state index in [1.165, 1.54) is 0 Å². The van der Waals surface area contributed by atoms with Crippen LogP contribution in [0.25, 0.3) is 11.4 Å². The maximum absolute atomic E-state index is 12.6. The van der Waals surface area contributed by atoms with Gasteiger partial charge in [-0.3, -0.25) is 4.79 Å². The van der Waals surface area contributed by atoms with Crippen LogP contribution in [0.3, 0.4) is 0 Å². The van der Waals surface area contributed by atoms with Crippen molar-refractivity contribution >= 4 is 5.91 Å². The van der Waals surface area contributed by atoms with Crippen LogP contribution in [0.2, 0.25) is 0 Å². The summed E-state index contributed by atoms with van der Waals surface area (Å²) in [6.45, 7) is 0.633. The summed E-state index contributed by atoms with van der Waals surface area (Å²) in [5.41, 5.74) is 2.71. The number of ether oxygens (including phenoxy) is 1. The van der Waals surface area contributed by atoms with Crippen molar-refractivity contribution in [1.29, 1.82) is 0 Å². The fourth-order valence-corrected chi connectivity index (χ4v) is 3.40. The molecule has 1 aliphatic heterocycles. The number of fused-ring (bicyclic) bond motifs is 1. The van der Waals surface area contributed by atoms with Gasteiger partial charge in [0.1, 0.15) is 6.10 Å². The Morgan fingerprint density at radius 2 is 2.20 bits per heavy atom. The summed E-state index contributed by atoms with van der Waals surface area (Å²) in [5.74, 6) is -0.610. The average molecular weight is 349 g/mol. The van der Waals surface area contributed by atoms with Crippen LogP contribution in [-0.2, 0) is 16.0 Å². The molecule has 1 amide bonds. The van der Waals surface area contributed by atoms with E-state index >= 15 is 0 Å². The lowest BCUT2D eigenvalue weighted by atomic mass is 10.0. The summed E-state index contributed by atoms with van der Waals surface area (Å²) in [4.78, 5) is 15.9. The molecule has 25 heavy (non-hydrogen) atoms. The number of nitrogens with zero attached hydrogens (tertiary/aromatic N) is 2. The molecule has 1 aliphatic carbocycles. The quantitative estimate of drug-likeness (QED) is 0.918. The number of alkyl halides is 2. The minimum atomic E-state index is -2.78. The fraction of sp³-hybridized carbons (Fsp3) is 0.471. The Labute approximate surface area is 142 Å². The van der Waals surface area contributed by atoms with Gasteiger partial charge in [0.25, 0.3) is 5.89 Å². The predicted molar refractivity (Wildman–Crippen MR) is 82.9 cm³/mol. The summed E-state index contributed by atoms with van der Waals surface area (Å²) >= 11 is 0. The Morgan fingerprint density at radius 1 is 1.32 bits per heavy atom. The van der Waals surface area contributed by atoms with Gasteiger partial charge in [0.15, 0.2) is 0 Å². The van der Waals surface area contributed by atoms with Gasteiger partial charge in [0, 0.05) is 12.2 Å². The van der Waals surface area contributed by atoms with Gasteiger partial charge in [0.2, 0.25) is 11.7 Å². The number of rotatable bonds is 4. The van der Waals surface area contributed by atoms with Crippen molar-refractivity contribution in [3.05, 3.63) is 35.2 Å². The van der Waals surface area contributed by atoms with E-state index in [0.29, 0.717) is 12.2 Å². The average Bonchev–Trinajstić information content (AvgIpc) is 3.35. The maximum Gasteiger partial charge on any atom is 0.315 e. The Hall–Kier alpha value is -2.35. The first-order valence-electron chi connectivity index (χ1n) is 8.29. The lowest BCUT2D eigenvalue weighted by Crippen LogP contribution is -2.36. The molecule has 8 heteroatoms. The molecule has 1 aromatic heterocycles. The van der Waals surface area contributed by atoms with E-state index in [4.69, 9.17) is 4.74 Å². The van der Waals surface area contributed by atoms with Crippen LogP contribution < -0.4 is 5.32 Å². The van der Waals surface area contributed by atoms with Gasteiger partial charge in [0.05, 0.1) is 6.04 Å². The molecule has 4 rings (SSSR count). The Bertz CT molecular complexity index is 787. The van der Waals surface area contributed by atoms with E-state index in [-0.39, 0.29) is 23.9 Å². The summed E-state index contributed by atoms with van der Waals surface area (Å²) < 4.78 is 35.1. The number of aryl methyl sites for hydroxylation is 1. The van der Waals surface area contributed by atoms with Gasteiger partial charge >= 0.3 is 6.43 Å². The molecular formula is C17H17F2N3O3. The van der Waals surface area contributed by atoms with Crippen LogP contribution in [0.15, 0.2) is 22.7 Å². The Morgan fingerprint density at radius 3 is 2.92 bits per heavy atom. The third kappa shape index (κ3) is 3.13. The molecule has 1 N–H and O–H groups in total. The summed E-state index contributed by atoms with van der Waals surface area (Å²) in [7, 11) is 0. The lowest BCUT2D eigenvalue weighted by molar-refractivity contribution is -0.130. The highest BCUT2D eigenvalue weighted by atomic mass is 19.3. The monoisotopic (exact) mass is 349 g/mol. The highest BCUT2D eigenvalue weighted by Crippen LogP contribution is 2.34. The molecule has 0 spiro atoms. The second-order valence-corrected chi connectivity index (χ2v) is 6.27. The first-order valence-corrected chi connectivity index (χ1v) is 8.29. The molecule has 1 unspecified atom stereocenters. The number of hydrogen-bond acceptors (Lipinski definition) is 5. The first kappa shape index (κ1) is 16.1. The second-order valence-electron chi connectivity index (χ2n) is 6.27. The van der Waals surface area contributed by atoms with Gasteiger partial charge in [-0.05, 0) is 42.9 Å². The Balaban J connectivity index is 1.50. The van der Waals surface area contributed by atoms with Crippen molar-refractivity contribution in [2.75, 3.05) is 6.61 Å². The van der Waals surface area contributed by atoms with Crippen molar-refractivity contribution in [1.82, 2.24) is 15.5 Å². The minimum absolute atomic E-state index is 0.0531. The summed E-state index contributed by atoms with van der Waals surface area (Å²) in [5, 5.41) is 6.64. The first-order chi connectivity index (χ1) is 12.1. The number of aromatic nitrogens is 2. The zero-order valence-electron chi connectivity index (χ0n) is 13.4. The number of benzene rings is 1. The highest BCUT2D eigenvalue weighted by Gasteiger charge is 2.29. The van der Waals surface area contributed by atoms with Crippen LogP contribution in [0.4, 0.5) is 8.78 Å². The van der Waals surface area contributed by atoms with Crippen molar-refractivity contribution in [3.63, 3.8) is 0 Å². The largest absolute Gasteiger partial charge is 0.368 e. The molecule has 1 saturated heterocycles. The summed E-state index contributed by atoms with van der Waals surface area (Å²) in [6, 6.07) is 5.46. The van der Waals surface area contributed by atoms with Crippen LogP contribution >= 0.6 is 0 Å². The van der Waals surface area contributed by atoms with Gasteiger partial charge in [-0.15, -0.1) is 0 Å². The van der Waals surface area contributed by atoms with Crippen LogP contribution in [0, 0.1) is 0 Å². The van der Waals surface area contributed by atoms with E-state index in [1.54, 1.807) is 6.07 Å². The molecule has 2 aromatic rings. The van der Waals surface area contributed by atoms with E-state index in [9.17, 15) is 13.6 Å². The number of hydrogen-bond donors (Lipinski definition) is 1. The SMILES string of the molecule is O=C(N[C@@H]1CCc2cc(-c3noc(C(F)F)n3)ccc21)C1CCCO1. The Kier molecular flexibility index (Phi) is 4.20. The van der Waals surface area contributed by atoms with E-state index in [1.807, 2.05) is 12.1 Å². The minimum Gasteiger partial charge on any atom is -0.368 e. The van der Waals surface area contributed by atoms with Crippen molar-refractivity contribution < 1.29 is 22.8 Å².